The van der Waals surface area contributed by atoms with E-state index in [2.05, 4.69) is 27.8 Å². The van der Waals surface area contributed by atoms with Crippen LogP contribution in [0.5, 0.6) is 0 Å². The lowest BCUT2D eigenvalue weighted by Crippen LogP contribution is -2.27. The van der Waals surface area contributed by atoms with E-state index in [1.54, 1.807) is 12.1 Å². The largest absolute Gasteiger partial charge is 0.381 e. The zero-order valence-corrected chi connectivity index (χ0v) is 11.3. The molecule has 6 nitrogen and oxygen atoms in total. The molecule has 2 atom stereocenters. The lowest BCUT2D eigenvalue weighted by Gasteiger charge is -2.19. The molecule has 0 aromatic carbocycles. The van der Waals surface area contributed by atoms with Crippen LogP contribution in [0.1, 0.15) is 30.8 Å². The van der Waals surface area contributed by atoms with Crippen molar-refractivity contribution < 1.29 is 9.53 Å². The maximum Gasteiger partial charge on any atom is 0.271 e. The molecule has 0 aliphatic carbocycles. The standard InChI is InChI=1S/C13H20N4O2/c1-3-14-13(18)11-4-5-12(17-16-11)15-9(2)10-6-7-19-8-10/h4-5,9-10H,3,6-8H2,1-2H3,(H,14,18)(H,15,17). The van der Waals surface area contributed by atoms with Crippen molar-refractivity contribution in [3.05, 3.63) is 17.8 Å². The minimum absolute atomic E-state index is 0.196. The number of aromatic nitrogens is 2. The van der Waals surface area contributed by atoms with E-state index in [0.29, 0.717) is 24.0 Å². The molecule has 1 saturated heterocycles. The summed E-state index contributed by atoms with van der Waals surface area (Å²) in [5.41, 5.74) is 0.337. The number of ether oxygens (including phenoxy) is 1. The summed E-state index contributed by atoms with van der Waals surface area (Å²) in [4.78, 5) is 11.5. The van der Waals surface area contributed by atoms with Gasteiger partial charge in [-0.2, -0.15) is 0 Å². The summed E-state index contributed by atoms with van der Waals surface area (Å²) >= 11 is 0. The van der Waals surface area contributed by atoms with E-state index < -0.39 is 0 Å². The van der Waals surface area contributed by atoms with Gasteiger partial charge < -0.3 is 15.4 Å². The zero-order chi connectivity index (χ0) is 13.7. The van der Waals surface area contributed by atoms with Crippen LogP contribution in [0.15, 0.2) is 12.1 Å². The lowest BCUT2D eigenvalue weighted by atomic mass is 10.0. The van der Waals surface area contributed by atoms with Crippen LogP contribution in [0.3, 0.4) is 0 Å². The van der Waals surface area contributed by atoms with E-state index in [1.165, 1.54) is 0 Å². The molecule has 0 spiro atoms. The molecule has 1 fully saturated rings. The topological polar surface area (TPSA) is 76.1 Å². The third-order valence-corrected chi connectivity index (χ3v) is 3.28. The number of carbonyl (C=O) groups is 1. The maximum absolute atomic E-state index is 11.5. The van der Waals surface area contributed by atoms with E-state index in [0.717, 1.165) is 19.6 Å². The fraction of sp³-hybridized carbons (Fsp3) is 0.615. The molecule has 104 valence electrons. The summed E-state index contributed by atoms with van der Waals surface area (Å²) in [5.74, 6) is 0.996. The Morgan fingerprint density at radius 2 is 2.37 bits per heavy atom. The first-order chi connectivity index (χ1) is 9.20. The van der Waals surface area contributed by atoms with E-state index in [-0.39, 0.29) is 11.9 Å². The molecular weight excluding hydrogens is 244 g/mol. The third-order valence-electron chi connectivity index (χ3n) is 3.28. The number of rotatable bonds is 5. The van der Waals surface area contributed by atoms with Crippen molar-refractivity contribution in [2.75, 3.05) is 25.1 Å². The van der Waals surface area contributed by atoms with Gasteiger partial charge in [0.05, 0.1) is 6.61 Å². The molecule has 2 heterocycles. The van der Waals surface area contributed by atoms with Gasteiger partial charge in [0.2, 0.25) is 0 Å². The van der Waals surface area contributed by atoms with Crippen LogP contribution in [-0.2, 0) is 4.74 Å². The van der Waals surface area contributed by atoms with Crippen molar-refractivity contribution in [3.63, 3.8) is 0 Å². The van der Waals surface area contributed by atoms with E-state index in [4.69, 9.17) is 4.74 Å². The Labute approximate surface area is 112 Å². The molecule has 2 unspecified atom stereocenters. The minimum Gasteiger partial charge on any atom is -0.381 e. The van der Waals surface area contributed by atoms with Gasteiger partial charge in [-0.25, -0.2) is 0 Å². The van der Waals surface area contributed by atoms with Gasteiger partial charge in [0.15, 0.2) is 5.69 Å². The van der Waals surface area contributed by atoms with E-state index in [1.807, 2.05) is 6.92 Å². The molecule has 0 saturated carbocycles. The fourth-order valence-corrected chi connectivity index (χ4v) is 2.08. The Morgan fingerprint density at radius 3 is 2.95 bits per heavy atom. The molecule has 1 aromatic rings. The highest BCUT2D eigenvalue weighted by Crippen LogP contribution is 2.19. The Morgan fingerprint density at radius 1 is 1.53 bits per heavy atom. The summed E-state index contributed by atoms with van der Waals surface area (Å²) in [6.07, 6.45) is 1.07. The summed E-state index contributed by atoms with van der Waals surface area (Å²) < 4.78 is 5.36. The van der Waals surface area contributed by atoms with Crippen LogP contribution in [0.2, 0.25) is 0 Å². The molecular formula is C13H20N4O2. The number of nitrogens with zero attached hydrogens (tertiary/aromatic N) is 2. The number of anilines is 1. The molecule has 2 N–H and O–H groups in total. The van der Waals surface area contributed by atoms with Gasteiger partial charge in [-0.15, -0.1) is 10.2 Å². The average Bonchev–Trinajstić information content (AvgIpc) is 2.94. The molecule has 2 rings (SSSR count). The number of amides is 1. The number of carbonyl (C=O) groups excluding carboxylic acids is 1. The molecule has 19 heavy (non-hydrogen) atoms. The predicted molar refractivity (Wildman–Crippen MR) is 72.0 cm³/mol. The van der Waals surface area contributed by atoms with Crippen molar-refractivity contribution >= 4 is 11.7 Å². The van der Waals surface area contributed by atoms with Gasteiger partial charge in [0.25, 0.3) is 5.91 Å². The van der Waals surface area contributed by atoms with Crippen molar-refractivity contribution in [1.82, 2.24) is 15.5 Å². The van der Waals surface area contributed by atoms with Crippen molar-refractivity contribution in [1.29, 1.82) is 0 Å². The summed E-state index contributed by atoms with van der Waals surface area (Å²) in [7, 11) is 0. The maximum atomic E-state index is 11.5. The average molecular weight is 264 g/mol. The number of hydrogen-bond acceptors (Lipinski definition) is 5. The Bertz CT molecular complexity index is 415. The van der Waals surface area contributed by atoms with E-state index >= 15 is 0 Å². The van der Waals surface area contributed by atoms with Gasteiger partial charge in [-0.1, -0.05) is 0 Å². The molecule has 0 bridgehead atoms. The van der Waals surface area contributed by atoms with Gasteiger partial charge >= 0.3 is 0 Å². The molecule has 1 amide bonds. The third kappa shape index (κ3) is 3.64. The van der Waals surface area contributed by atoms with Crippen LogP contribution in [0.25, 0.3) is 0 Å². The SMILES string of the molecule is CCNC(=O)c1ccc(NC(C)C2CCOC2)nn1. The second-order valence-corrected chi connectivity index (χ2v) is 4.72. The monoisotopic (exact) mass is 264 g/mol. The quantitative estimate of drug-likeness (QED) is 0.831. The summed E-state index contributed by atoms with van der Waals surface area (Å²) in [6.45, 7) is 6.18. The van der Waals surface area contributed by atoms with Gasteiger partial charge in [-0.3, -0.25) is 4.79 Å². The van der Waals surface area contributed by atoms with Crippen LogP contribution >= 0.6 is 0 Å². The minimum atomic E-state index is -0.196. The molecule has 1 aliphatic heterocycles. The second-order valence-electron chi connectivity index (χ2n) is 4.72. The lowest BCUT2D eigenvalue weighted by molar-refractivity contribution is 0.0950. The first-order valence-electron chi connectivity index (χ1n) is 6.67. The first kappa shape index (κ1) is 13.7. The summed E-state index contributed by atoms with van der Waals surface area (Å²) in [6, 6.07) is 3.74. The number of hydrogen-bond donors (Lipinski definition) is 2. The Hall–Kier alpha value is -1.69. The second kappa shape index (κ2) is 6.47. The highest BCUT2D eigenvalue weighted by Gasteiger charge is 2.22. The van der Waals surface area contributed by atoms with Gasteiger partial charge in [0, 0.05) is 25.1 Å². The van der Waals surface area contributed by atoms with Gasteiger partial charge in [-0.05, 0) is 32.4 Å². The molecule has 6 heteroatoms. The highest BCUT2D eigenvalue weighted by atomic mass is 16.5. The van der Waals surface area contributed by atoms with Crippen LogP contribution in [0.4, 0.5) is 5.82 Å². The molecule has 1 aromatic heterocycles. The fourth-order valence-electron chi connectivity index (χ4n) is 2.08. The molecule has 0 radical (unpaired) electrons. The molecule has 1 aliphatic rings. The predicted octanol–water partition coefficient (Wildman–Crippen LogP) is 1.06. The van der Waals surface area contributed by atoms with Gasteiger partial charge in [0.1, 0.15) is 5.82 Å². The van der Waals surface area contributed by atoms with E-state index in [9.17, 15) is 4.79 Å². The van der Waals surface area contributed by atoms with Crippen molar-refractivity contribution in [2.45, 2.75) is 26.3 Å². The van der Waals surface area contributed by atoms with Crippen LogP contribution in [0, 0.1) is 5.92 Å². The van der Waals surface area contributed by atoms with Crippen molar-refractivity contribution in [2.24, 2.45) is 5.92 Å². The van der Waals surface area contributed by atoms with Crippen LogP contribution in [-0.4, -0.2) is 41.9 Å². The Kier molecular flexibility index (Phi) is 4.68. The normalized spacial score (nSPS) is 20.0. The first-order valence-corrected chi connectivity index (χ1v) is 6.67. The smallest absolute Gasteiger partial charge is 0.271 e. The summed E-state index contributed by atoms with van der Waals surface area (Å²) in [5, 5.41) is 13.9. The number of nitrogens with one attached hydrogen (secondary N) is 2. The Balaban J connectivity index is 1.92. The highest BCUT2D eigenvalue weighted by molar-refractivity contribution is 5.92. The van der Waals surface area contributed by atoms with Crippen LogP contribution < -0.4 is 10.6 Å². The zero-order valence-electron chi connectivity index (χ0n) is 11.3. The van der Waals surface area contributed by atoms with Crippen molar-refractivity contribution in [3.8, 4) is 0 Å².